The zero-order chi connectivity index (χ0) is 22.2. The number of carbonyl (C=O) groups is 2. The number of ether oxygens (including phenoxy) is 2. The highest BCUT2D eigenvalue weighted by Crippen LogP contribution is 2.27. The third-order valence-corrected chi connectivity index (χ3v) is 5.29. The van der Waals surface area contributed by atoms with E-state index >= 15 is 0 Å². The Labute approximate surface area is 182 Å². The molecule has 1 aliphatic heterocycles. The molecule has 0 radical (unpaired) electrons. The lowest BCUT2D eigenvalue weighted by Gasteiger charge is -2.29. The monoisotopic (exact) mass is 427 g/mol. The number of benzene rings is 2. The van der Waals surface area contributed by atoms with Crippen LogP contribution in [0.3, 0.4) is 0 Å². The van der Waals surface area contributed by atoms with Crippen molar-refractivity contribution in [3.8, 4) is 11.5 Å². The van der Waals surface area contributed by atoms with Gasteiger partial charge in [-0.05, 0) is 48.2 Å². The first-order valence-corrected chi connectivity index (χ1v) is 10.3. The molecule has 0 atom stereocenters. The van der Waals surface area contributed by atoms with Gasteiger partial charge in [0.25, 0.3) is 0 Å². The smallest absolute Gasteiger partial charge is 0.319 e. The zero-order valence-electron chi connectivity index (χ0n) is 17.9. The van der Waals surface area contributed by atoms with Crippen LogP contribution in [-0.4, -0.2) is 55.4 Å². The highest BCUT2D eigenvalue weighted by Gasteiger charge is 2.21. The van der Waals surface area contributed by atoms with Crippen LogP contribution in [-0.2, 0) is 17.8 Å². The molecular weight excluding hydrogens is 398 g/mol. The van der Waals surface area contributed by atoms with E-state index in [1.54, 1.807) is 37.3 Å². The van der Waals surface area contributed by atoms with Crippen LogP contribution in [0.5, 0.6) is 11.5 Å². The number of nitrogens with zero attached hydrogens (tertiary/aromatic N) is 1. The Morgan fingerprint density at radius 2 is 1.65 bits per heavy atom. The molecule has 2 aromatic carbocycles. The molecule has 31 heavy (non-hydrogen) atoms. The minimum Gasteiger partial charge on any atom is -0.493 e. The summed E-state index contributed by atoms with van der Waals surface area (Å²) in [6.45, 7) is 1.53. The Bertz CT molecular complexity index is 893. The molecule has 0 aromatic heterocycles. The predicted octanol–water partition coefficient (Wildman–Crippen LogP) is 2.55. The van der Waals surface area contributed by atoms with E-state index in [-0.39, 0.29) is 18.0 Å². The molecule has 1 fully saturated rings. The number of carbonyl (C=O) groups excluding carboxylic acids is 2. The molecule has 3 N–H and O–H groups in total. The number of anilines is 1. The first-order valence-electron chi connectivity index (χ1n) is 10.3. The summed E-state index contributed by atoms with van der Waals surface area (Å²) < 4.78 is 10.5. The summed E-state index contributed by atoms with van der Waals surface area (Å²) in [7, 11) is 3.14. The molecule has 0 saturated carbocycles. The topological polar surface area (TPSA) is 100 Å². The number of nitrogens with one attached hydrogen (secondary N) is 2. The van der Waals surface area contributed by atoms with E-state index in [9.17, 15) is 14.7 Å². The van der Waals surface area contributed by atoms with Crippen molar-refractivity contribution in [2.45, 2.75) is 31.9 Å². The van der Waals surface area contributed by atoms with Crippen molar-refractivity contribution in [3.05, 3.63) is 53.6 Å². The van der Waals surface area contributed by atoms with Crippen LogP contribution in [0.1, 0.15) is 24.0 Å². The fourth-order valence-electron chi connectivity index (χ4n) is 3.46. The molecule has 1 saturated heterocycles. The van der Waals surface area contributed by atoms with Gasteiger partial charge in [0.1, 0.15) is 0 Å². The van der Waals surface area contributed by atoms with E-state index in [0.29, 0.717) is 56.1 Å². The second-order valence-electron chi connectivity index (χ2n) is 7.48. The molecule has 3 rings (SSSR count). The third-order valence-electron chi connectivity index (χ3n) is 5.29. The van der Waals surface area contributed by atoms with Gasteiger partial charge in [-0.15, -0.1) is 0 Å². The number of aliphatic hydroxyl groups is 1. The van der Waals surface area contributed by atoms with Crippen LogP contribution in [0.25, 0.3) is 0 Å². The van der Waals surface area contributed by atoms with Crippen LogP contribution in [0.15, 0.2) is 42.5 Å². The summed E-state index contributed by atoms with van der Waals surface area (Å²) in [5.74, 6) is 1.29. The van der Waals surface area contributed by atoms with Gasteiger partial charge in [0.2, 0.25) is 5.91 Å². The highest BCUT2D eigenvalue weighted by molar-refractivity contribution is 5.89. The molecule has 166 valence electrons. The van der Waals surface area contributed by atoms with Crippen molar-refractivity contribution in [2.24, 2.45) is 0 Å². The van der Waals surface area contributed by atoms with Crippen molar-refractivity contribution >= 4 is 17.6 Å². The Morgan fingerprint density at radius 1 is 1.00 bits per heavy atom. The lowest BCUT2D eigenvalue weighted by molar-refractivity contribution is -0.132. The number of methoxy groups -OCH3 is 2. The van der Waals surface area contributed by atoms with Crippen molar-refractivity contribution < 1.29 is 24.2 Å². The molecule has 0 spiro atoms. The van der Waals surface area contributed by atoms with Gasteiger partial charge in [0.05, 0.1) is 26.7 Å². The third kappa shape index (κ3) is 6.36. The quantitative estimate of drug-likeness (QED) is 0.631. The maximum Gasteiger partial charge on any atom is 0.319 e. The van der Waals surface area contributed by atoms with Gasteiger partial charge in [-0.3, -0.25) is 4.79 Å². The molecule has 8 nitrogen and oxygen atoms in total. The molecule has 3 amide bonds. The van der Waals surface area contributed by atoms with Crippen LogP contribution < -0.4 is 20.1 Å². The fourth-order valence-corrected chi connectivity index (χ4v) is 3.46. The molecule has 1 aliphatic rings. The molecule has 8 heteroatoms. The average Bonchev–Trinajstić information content (AvgIpc) is 2.79. The van der Waals surface area contributed by atoms with Crippen LogP contribution in [0.4, 0.5) is 10.5 Å². The lowest BCUT2D eigenvalue weighted by Crippen LogP contribution is -2.40. The summed E-state index contributed by atoms with van der Waals surface area (Å²) in [6, 6.07) is 12.4. The first kappa shape index (κ1) is 22.4. The fraction of sp³-hybridized carbons (Fsp3) is 0.391. The summed E-state index contributed by atoms with van der Waals surface area (Å²) in [6.07, 6.45) is 1.27. The van der Waals surface area contributed by atoms with Crippen molar-refractivity contribution in [1.29, 1.82) is 0 Å². The maximum absolute atomic E-state index is 12.4. The largest absolute Gasteiger partial charge is 0.493 e. The van der Waals surface area contributed by atoms with Crippen molar-refractivity contribution in [1.82, 2.24) is 10.2 Å². The van der Waals surface area contributed by atoms with E-state index in [1.807, 2.05) is 24.3 Å². The number of aliphatic hydroxyl groups excluding tert-OH is 1. The Kier molecular flexibility index (Phi) is 7.72. The molecular formula is C23H29N3O5. The molecule has 2 aromatic rings. The normalized spacial score (nSPS) is 14.1. The number of piperidine rings is 1. The Hall–Kier alpha value is -3.26. The molecule has 0 aliphatic carbocycles. The van der Waals surface area contributed by atoms with Gasteiger partial charge < -0.3 is 30.1 Å². The standard InChI is InChI=1S/C23H29N3O5/c1-30-20-8-5-17(13-21(20)31-2)15-24-23(29)25-18-6-3-16(4-7-18)14-22(28)26-11-9-19(27)10-12-26/h3-8,13,19,27H,9-12,14-15H2,1-2H3,(H2,24,25,29). The average molecular weight is 428 g/mol. The van der Waals surface area contributed by atoms with Gasteiger partial charge in [-0.1, -0.05) is 18.2 Å². The van der Waals surface area contributed by atoms with Crippen LogP contribution >= 0.6 is 0 Å². The van der Waals surface area contributed by atoms with Gasteiger partial charge >= 0.3 is 6.03 Å². The molecule has 0 unspecified atom stereocenters. The van der Waals surface area contributed by atoms with E-state index in [1.165, 1.54) is 0 Å². The minimum atomic E-state index is -0.328. The summed E-state index contributed by atoms with van der Waals surface area (Å²) >= 11 is 0. The Balaban J connectivity index is 1.47. The van der Waals surface area contributed by atoms with Gasteiger partial charge in [-0.25, -0.2) is 4.79 Å². The summed E-state index contributed by atoms with van der Waals surface area (Å²) in [5, 5.41) is 15.1. The van der Waals surface area contributed by atoms with E-state index in [4.69, 9.17) is 9.47 Å². The van der Waals surface area contributed by atoms with Gasteiger partial charge in [0.15, 0.2) is 11.5 Å². The first-order chi connectivity index (χ1) is 15.0. The number of likely N-dealkylation sites (tertiary alicyclic amines) is 1. The number of hydrogen-bond acceptors (Lipinski definition) is 5. The van der Waals surface area contributed by atoms with Crippen molar-refractivity contribution in [3.63, 3.8) is 0 Å². The lowest BCUT2D eigenvalue weighted by atomic mass is 10.1. The molecule has 1 heterocycles. The molecule has 0 bridgehead atoms. The second-order valence-corrected chi connectivity index (χ2v) is 7.48. The summed E-state index contributed by atoms with van der Waals surface area (Å²) in [4.78, 5) is 26.4. The van der Waals surface area contributed by atoms with Crippen LogP contribution in [0, 0.1) is 0 Å². The predicted molar refractivity (Wildman–Crippen MR) is 117 cm³/mol. The Morgan fingerprint density at radius 3 is 2.29 bits per heavy atom. The highest BCUT2D eigenvalue weighted by atomic mass is 16.5. The number of rotatable bonds is 7. The summed E-state index contributed by atoms with van der Waals surface area (Å²) in [5.41, 5.74) is 2.40. The van der Waals surface area contributed by atoms with Gasteiger partial charge in [0, 0.05) is 25.3 Å². The van der Waals surface area contributed by atoms with Crippen molar-refractivity contribution in [2.75, 3.05) is 32.6 Å². The maximum atomic E-state index is 12.4. The minimum absolute atomic E-state index is 0.0558. The second kappa shape index (κ2) is 10.7. The SMILES string of the molecule is COc1ccc(CNC(=O)Nc2ccc(CC(=O)N3CCC(O)CC3)cc2)cc1OC. The number of amides is 3. The number of hydrogen-bond donors (Lipinski definition) is 3. The van der Waals surface area contributed by atoms with E-state index < -0.39 is 0 Å². The zero-order valence-corrected chi connectivity index (χ0v) is 17.9. The van der Waals surface area contributed by atoms with E-state index in [2.05, 4.69) is 10.6 Å². The number of urea groups is 1. The van der Waals surface area contributed by atoms with Gasteiger partial charge in [-0.2, -0.15) is 0 Å². The van der Waals surface area contributed by atoms with Crippen LogP contribution in [0.2, 0.25) is 0 Å². The van der Waals surface area contributed by atoms with E-state index in [0.717, 1.165) is 11.1 Å².